The minimum atomic E-state index is 0.227. The summed E-state index contributed by atoms with van der Waals surface area (Å²) in [5.41, 5.74) is 0.392. The van der Waals surface area contributed by atoms with E-state index in [0.29, 0.717) is 17.4 Å². The fraction of sp³-hybridized carbons (Fsp3) is 0.500. The van der Waals surface area contributed by atoms with E-state index in [0.717, 1.165) is 24.3 Å². The van der Waals surface area contributed by atoms with Crippen LogP contribution in [0, 0.1) is 0 Å². The number of rotatable bonds is 2. The molecule has 2 heterocycles. The van der Waals surface area contributed by atoms with Crippen LogP contribution in [0.1, 0.15) is 17.3 Å². The monoisotopic (exact) mass is 257 g/mol. The fourth-order valence-electron chi connectivity index (χ4n) is 1.74. The molecule has 4 nitrogen and oxygen atoms in total. The van der Waals surface area contributed by atoms with Crippen LogP contribution in [-0.2, 0) is 0 Å². The molecule has 1 saturated heterocycles. The number of hydrogen-bond acceptors (Lipinski definition) is 5. The molecule has 1 aromatic rings. The maximum atomic E-state index is 11.0. The molecule has 0 N–H and O–H groups in total. The van der Waals surface area contributed by atoms with Gasteiger partial charge >= 0.3 is 0 Å². The average Bonchev–Trinajstić information content (AvgIpc) is 2.29. The second kappa shape index (κ2) is 5.01. The van der Waals surface area contributed by atoms with Gasteiger partial charge in [-0.05, 0) is 6.92 Å². The molecule has 0 amide bonds. The summed E-state index contributed by atoms with van der Waals surface area (Å²) in [6, 6.07) is 0.364. The molecular formula is C10H12ClN3OS. The Kier molecular flexibility index (Phi) is 3.66. The highest BCUT2D eigenvalue weighted by atomic mass is 35.5. The first-order chi connectivity index (χ1) is 7.74. The van der Waals surface area contributed by atoms with E-state index in [1.807, 2.05) is 11.8 Å². The normalized spacial score (nSPS) is 20.9. The molecule has 0 spiro atoms. The average molecular weight is 258 g/mol. The Bertz CT molecular complexity index is 402. The summed E-state index contributed by atoms with van der Waals surface area (Å²) in [5.74, 6) is 2.74. The minimum Gasteiger partial charge on any atom is -0.352 e. The predicted octanol–water partition coefficient (Wildman–Crippen LogP) is 1.88. The Balaban J connectivity index is 2.38. The quantitative estimate of drug-likeness (QED) is 0.598. The highest BCUT2D eigenvalue weighted by Crippen LogP contribution is 2.26. The molecule has 1 fully saturated rings. The van der Waals surface area contributed by atoms with Gasteiger partial charge in [0.15, 0.2) is 6.29 Å². The summed E-state index contributed by atoms with van der Waals surface area (Å²) in [6.45, 7) is 3.01. The van der Waals surface area contributed by atoms with Gasteiger partial charge in [-0.15, -0.1) is 0 Å². The molecule has 0 aromatic carbocycles. The molecule has 86 valence electrons. The van der Waals surface area contributed by atoms with E-state index in [-0.39, 0.29) is 5.15 Å². The number of thioether (sulfide) groups is 1. The van der Waals surface area contributed by atoms with E-state index in [4.69, 9.17) is 11.6 Å². The lowest BCUT2D eigenvalue weighted by Gasteiger charge is -2.34. The molecule has 0 saturated carbocycles. The third-order valence-corrected chi connectivity index (χ3v) is 4.06. The van der Waals surface area contributed by atoms with Crippen molar-refractivity contribution in [1.29, 1.82) is 0 Å². The van der Waals surface area contributed by atoms with E-state index in [2.05, 4.69) is 21.8 Å². The first-order valence-corrected chi connectivity index (χ1v) is 6.57. The van der Waals surface area contributed by atoms with Gasteiger partial charge in [0.05, 0.1) is 5.56 Å². The molecule has 6 heteroatoms. The molecule has 2 rings (SSSR count). The van der Waals surface area contributed by atoms with Crippen molar-refractivity contribution < 1.29 is 4.79 Å². The number of halogens is 1. The van der Waals surface area contributed by atoms with Gasteiger partial charge in [-0.25, -0.2) is 9.97 Å². The molecule has 1 unspecified atom stereocenters. The smallest absolute Gasteiger partial charge is 0.156 e. The molecule has 0 bridgehead atoms. The van der Waals surface area contributed by atoms with Crippen LogP contribution in [0.3, 0.4) is 0 Å². The fourth-order valence-corrected chi connectivity index (χ4v) is 2.92. The maximum Gasteiger partial charge on any atom is 0.156 e. The van der Waals surface area contributed by atoms with Gasteiger partial charge in [-0.2, -0.15) is 11.8 Å². The topological polar surface area (TPSA) is 46.1 Å². The van der Waals surface area contributed by atoms with Gasteiger partial charge in [0.1, 0.15) is 17.3 Å². The summed E-state index contributed by atoms with van der Waals surface area (Å²) in [4.78, 5) is 21.1. The van der Waals surface area contributed by atoms with E-state index < -0.39 is 0 Å². The van der Waals surface area contributed by atoms with Crippen molar-refractivity contribution in [1.82, 2.24) is 9.97 Å². The highest BCUT2D eigenvalue weighted by molar-refractivity contribution is 7.99. The molecular weight excluding hydrogens is 246 g/mol. The van der Waals surface area contributed by atoms with Crippen molar-refractivity contribution in [3.63, 3.8) is 0 Å². The van der Waals surface area contributed by atoms with Gasteiger partial charge in [0.2, 0.25) is 0 Å². The zero-order valence-corrected chi connectivity index (χ0v) is 10.5. The Morgan fingerprint density at radius 2 is 2.44 bits per heavy atom. The van der Waals surface area contributed by atoms with E-state index in [1.165, 1.54) is 6.33 Å². The summed E-state index contributed by atoms with van der Waals surface area (Å²) in [5, 5.41) is 0.227. The van der Waals surface area contributed by atoms with Crippen LogP contribution >= 0.6 is 23.4 Å². The number of aldehydes is 1. The maximum absolute atomic E-state index is 11.0. The van der Waals surface area contributed by atoms with Gasteiger partial charge < -0.3 is 4.90 Å². The third-order valence-electron chi connectivity index (χ3n) is 2.57. The zero-order chi connectivity index (χ0) is 11.5. The number of anilines is 1. The standard InChI is InChI=1S/C10H12ClN3OS/c1-7-5-16-3-2-14(7)10-8(4-15)9(11)12-6-13-10/h4,6-7H,2-3,5H2,1H3. The molecule has 1 aliphatic heterocycles. The van der Waals surface area contributed by atoms with Crippen LogP contribution in [0.25, 0.3) is 0 Å². The minimum absolute atomic E-state index is 0.227. The summed E-state index contributed by atoms with van der Waals surface area (Å²) < 4.78 is 0. The van der Waals surface area contributed by atoms with Crippen molar-refractivity contribution in [2.24, 2.45) is 0 Å². The van der Waals surface area contributed by atoms with Crippen LogP contribution < -0.4 is 4.90 Å². The molecule has 0 aliphatic carbocycles. The van der Waals surface area contributed by atoms with Crippen molar-refractivity contribution in [2.75, 3.05) is 23.0 Å². The van der Waals surface area contributed by atoms with Crippen molar-refractivity contribution in [3.05, 3.63) is 17.0 Å². The first-order valence-electron chi connectivity index (χ1n) is 5.04. The largest absolute Gasteiger partial charge is 0.352 e. The van der Waals surface area contributed by atoms with Crippen molar-refractivity contribution in [3.8, 4) is 0 Å². The highest BCUT2D eigenvalue weighted by Gasteiger charge is 2.23. The van der Waals surface area contributed by atoms with E-state index in [1.54, 1.807) is 0 Å². The predicted molar refractivity (Wildman–Crippen MR) is 66.6 cm³/mol. The van der Waals surface area contributed by atoms with Crippen LogP contribution in [0.5, 0.6) is 0 Å². The molecule has 1 aliphatic rings. The van der Waals surface area contributed by atoms with Gasteiger partial charge in [0.25, 0.3) is 0 Å². The molecule has 1 aromatic heterocycles. The number of hydrogen-bond donors (Lipinski definition) is 0. The second-order valence-corrected chi connectivity index (χ2v) is 5.14. The van der Waals surface area contributed by atoms with Crippen molar-refractivity contribution in [2.45, 2.75) is 13.0 Å². The SMILES string of the molecule is CC1CSCCN1c1ncnc(Cl)c1C=O. The molecule has 16 heavy (non-hydrogen) atoms. The Morgan fingerprint density at radius 1 is 1.62 bits per heavy atom. The number of carbonyl (C=O) groups excluding carboxylic acids is 1. The van der Waals surface area contributed by atoms with E-state index in [9.17, 15) is 4.79 Å². The summed E-state index contributed by atoms with van der Waals surface area (Å²) in [6.07, 6.45) is 2.13. The summed E-state index contributed by atoms with van der Waals surface area (Å²) in [7, 11) is 0. The molecule has 0 radical (unpaired) electrons. The van der Waals surface area contributed by atoms with Crippen LogP contribution in [0.15, 0.2) is 6.33 Å². The van der Waals surface area contributed by atoms with Crippen LogP contribution in [0.2, 0.25) is 5.15 Å². The van der Waals surface area contributed by atoms with Crippen molar-refractivity contribution >= 4 is 35.5 Å². The Morgan fingerprint density at radius 3 is 3.12 bits per heavy atom. The second-order valence-electron chi connectivity index (χ2n) is 3.64. The number of nitrogens with zero attached hydrogens (tertiary/aromatic N) is 3. The van der Waals surface area contributed by atoms with E-state index >= 15 is 0 Å². The lowest BCUT2D eigenvalue weighted by atomic mass is 10.2. The third kappa shape index (κ3) is 2.15. The van der Waals surface area contributed by atoms with Crippen LogP contribution in [-0.4, -0.2) is 40.3 Å². The van der Waals surface area contributed by atoms with Gasteiger partial charge in [0, 0.05) is 24.1 Å². The van der Waals surface area contributed by atoms with Gasteiger partial charge in [-0.1, -0.05) is 11.6 Å². The zero-order valence-electron chi connectivity index (χ0n) is 8.89. The first kappa shape index (κ1) is 11.7. The summed E-state index contributed by atoms with van der Waals surface area (Å²) >= 11 is 7.79. The lowest BCUT2D eigenvalue weighted by Crippen LogP contribution is -2.41. The van der Waals surface area contributed by atoms with Gasteiger partial charge in [-0.3, -0.25) is 4.79 Å². The Hall–Kier alpha value is -0.810. The molecule has 1 atom stereocenters. The lowest BCUT2D eigenvalue weighted by molar-refractivity contribution is 0.112. The number of aromatic nitrogens is 2. The Labute approximate surface area is 103 Å². The van der Waals surface area contributed by atoms with Crippen LogP contribution in [0.4, 0.5) is 5.82 Å². The number of carbonyl (C=O) groups is 1.